The largest absolute Gasteiger partial charge is 0.340 e. The molecule has 1 saturated carbocycles. The second kappa shape index (κ2) is 6.61. The van der Waals surface area contributed by atoms with Gasteiger partial charge in [0.25, 0.3) is 5.91 Å². The number of hydrogen-bond donors (Lipinski definition) is 1. The molecule has 1 aromatic rings. The molecule has 0 aromatic carbocycles. The molecule has 4 nitrogen and oxygen atoms in total. The lowest BCUT2D eigenvalue weighted by Gasteiger charge is -2.49. The average molecular weight is 305 g/mol. The topological polar surface area (TPSA) is 49.6 Å². The summed E-state index contributed by atoms with van der Waals surface area (Å²) in [7, 11) is 6.08. The van der Waals surface area contributed by atoms with Crippen LogP contribution in [0.1, 0.15) is 34.5 Å². The number of rotatable bonds is 4. The lowest BCUT2D eigenvalue weighted by atomic mass is 9.75. The number of carbonyl (C=O) groups is 1. The first kappa shape index (κ1) is 16.0. The summed E-state index contributed by atoms with van der Waals surface area (Å²) in [5.74, 6) is 5.86. The molecule has 5 heteroatoms. The van der Waals surface area contributed by atoms with Gasteiger partial charge in [-0.2, -0.15) is 0 Å². The van der Waals surface area contributed by atoms with E-state index >= 15 is 0 Å². The van der Waals surface area contributed by atoms with Crippen molar-refractivity contribution in [3.8, 4) is 11.8 Å². The van der Waals surface area contributed by atoms with Gasteiger partial charge >= 0.3 is 0 Å². The lowest BCUT2D eigenvalue weighted by molar-refractivity contribution is 0.0253. The molecule has 1 fully saturated rings. The highest BCUT2D eigenvalue weighted by atomic mass is 32.1. The van der Waals surface area contributed by atoms with Crippen LogP contribution in [0.3, 0.4) is 0 Å². The molecular weight excluding hydrogens is 282 g/mol. The minimum absolute atomic E-state index is 0.0696. The Bertz CT molecular complexity index is 564. The predicted molar refractivity (Wildman–Crippen MR) is 87.5 cm³/mol. The molecule has 1 amide bonds. The van der Waals surface area contributed by atoms with Gasteiger partial charge in [0.1, 0.15) is 0 Å². The molecule has 0 aliphatic heterocycles. The zero-order valence-electron chi connectivity index (χ0n) is 13.0. The fourth-order valence-corrected chi connectivity index (χ4v) is 3.47. The number of amides is 1. The molecule has 0 spiro atoms. The number of likely N-dealkylation sites (N-methyl/N-ethyl adjacent to an activating group) is 2. The zero-order chi connectivity index (χ0) is 15.5. The van der Waals surface area contributed by atoms with E-state index in [1.165, 1.54) is 17.8 Å². The minimum atomic E-state index is 0.0696. The van der Waals surface area contributed by atoms with Crippen LogP contribution < -0.4 is 5.73 Å². The third-order valence-corrected chi connectivity index (χ3v) is 5.12. The van der Waals surface area contributed by atoms with Crippen molar-refractivity contribution in [1.82, 2.24) is 9.80 Å². The van der Waals surface area contributed by atoms with Crippen LogP contribution in [0, 0.1) is 11.8 Å². The standard InChI is InChI=1S/C16H23N3OS/c1-18(2)16(7-5-8-16)12-19(3)15(20)13-10-14(21-11-13)6-4-9-17/h10-11H,5,7-9,12,17H2,1-3H3. The van der Waals surface area contributed by atoms with Gasteiger partial charge in [0.05, 0.1) is 17.0 Å². The van der Waals surface area contributed by atoms with Gasteiger partial charge in [0.2, 0.25) is 0 Å². The second-order valence-corrected chi connectivity index (χ2v) is 6.75. The molecule has 0 unspecified atom stereocenters. The highest BCUT2D eigenvalue weighted by Crippen LogP contribution is 2.36. The van der Waals surface area contributed by atoms with E-state index < -0.39 is 0 Å². The van der Waals surface area contributed by atoms with Gasteiger partial charge in [0.15, 0.2) is 0 Å². The van der Waals surface area contributed by atoms with Crippen molar-refractivity contribution in [2.75, 3.05) is 34.2 Å². The van der Waals surface area contributed by atoms with E-state index in [0.29, 0.717) is 6.54 Å². The van der Waals surface area contributed by atoms with E-state index in [4.69, 9.17) is 5.73 Å². The summed E-state index contributed by atoms with van der Waals surface area (Å²) < 4.78 is 0. The molecule has 0 atom stereocenters. The van der Waals surface area contributed by atoms with Crippen LogP contribution in [0.4, 0.5) is 0 Å². The highest BCUT2D eigenvalue weighted by Gasteiger charge is 2.40. The van der Waals surface area contributed by atoms with Crippen LogP contribution in [0.15, 0.2) is 11.4 Å². The van der Waals surface area contributed by atoms with Crippen LogP contribution >= 0.6 is 11.3 Å². The SMILES string of the molecule is CN(CC1(N(C)C)CCC1)C(=O)c1csc(C#CCN)c1. The van der Waals surface area contributed by atoms with Crippen molar-refractivity contribution in [1.29, 1.82) is 0 Å². The maximum absolute atomic E-state index is 12.5. The summed E-state index contributed by atoms with van der Waals surface area (Å²) in [4.78, 5) is 17.5. The van der Waals surface area contributed by atoms with Crippen molar-refractivity contribution in [2.45, 2.75) is 24.8 Å². The van der Waals surface area contributed by atoms with Crippen molar-refractivity contribution >= 4 is 17.2 Å². The van der Waals surface area contributed by atoms with E-state index in [1.807, 2.05) is 23.4 Å². The molecule has 2 rings (SSSR count). The highest BCUT2D eigenvalue weighted by molar-refractivity contribution is 7.10. The minimum Gasteiger partial charge on any atom is -0.340 e. The summed E-state index contributed by atoms with van der Waals surface area (Å²) in [6, 6.07) is 1.86. The van der Waals surface area contributed by atoms with Gasteiger partial charge in [-0.25, -0.2) is 0 Å². The summed E-state index contributed by atoms with van der Waals surface area (Å²) in [5, 5.41) is 1.88. The normalized spacial score (nSPS) is 16.0. The maximum Gasteiger partial charge on any atom is 0.254 e. The first-order valence-electron chi connectivity index (χ1n) is 7.19. The Morgan fingerprint density at radius 2 is 2.14 bits per heavy atom. The summed E-state index contributed by atoms with van der Waals surface area (Å²) >= 11 is 1.49. The van der Waals surface area contributed by atoms with Gasteiger partial charge in [0, 0.05) is 24.5 Å². The molecule has 1 aliphatic rings. The van der Waals surface area contributed by atoms with Gasteiger partial charge in [-0.1, -0.05) is 11.8 Å². The Labute approximate surface area is 130 Å². The van der Waals surface area contributed by atoms with E-state index in [9.17, 15) is 4.79 Å². The summed E-state index contributed by atoms with van der Waals surface area (Å²) in [6.45, 7) is 1.12. The lowest BCUT2D eigenvalue weighted by Crippen LogP contribution is -2.57. The fourth-order valence-electron chi connectivity index (χ4n) is 2.72. The van der Waals surface area contributed by atoms with Crippen molar-refractivity contribution in [2.24, 2.45) is 5.73 Å². The van der Waals surface area contributed by atoms with Crippen molar-refractivity contribution in [3.05, 3.63) is 21.9 Å². The van der Waals surface area contributed by atoms with Crippen LogP contribution in [0.2, 0.25) is 0 Å². The van der Waals surface area contributed by atoms with Crippen molar-refractivity contribution < 1.29 is 4.79 Å². The number of nitrogens with two attached hydrogens (primary N) is 1. The molecule has 1 heterocycles. The fraction of sp³-hybridized carbons (Fsp3) is 0.562. The Morgan fingerprint density at radius 3 is 2.67 bits per heavy atom. The summed E-state index contributed by atoms with van der Waals surface area (Å²) in [6.07, 6.45) is 3.57. The maximum atomic E-state index is 12.5. The molecule has 2 N–H and O–H groups in total. The Balaban J connectivity index is 2.04. The summed E-state index contributed by atoms with van der Waals surface area (Å²) in [5.41, 5.74) is 6.24. The number of thiophene rings is 1. The number of nitrogens with zero attached hydrogens (tertiary/aromatic N) is 2. The first-order chi connectivity index (χ1) is 9.98. The second-order valence-electron chi connectivity index (χ2n) is 5.84. The van der Waals surface area contributed by atoms with Crippen molar-refractivity contribution in [3.63, 3.8) is 0 Å². The van der Waals surface area contributed by atoms with Gasteiger partial charge < -0.3 is 15.5 Å². The van der Waals surface area contributed by atoms with Gasteiger partial charge in [-0.3, -0.25) is 4.79 Å². The van der Waals surface area contributed by atoms with E-state index in [1.54, 1.807) is 0 Å². The zero-order valence-corrected chi connectivity index (χ0v) is 13.8. The quantitative estimate of drug-likeness (QED) is 0.860. The van der Waals surface area contributed by atoms with Crippen LogP contribution in [0.5, 0.6) is 0 Å². The van der Waals surface area contributed by atoms with Gasteiger partial charge in [-0.05, 0) is 39.4 Å². The Morgan fingerprint density at radius 1 is 1.43 bits per heavy atom. The molecule has 0 bridgehead atoms. The third-order valence-electron chi connectivity index (χ3n) is 4.27. The molecule has 1 aromatic heterocycles. The van der Waals surface area contributed by atoms with Crippen LogP contribution in [-0.2, 0) is 0 Å². The van der Waals surface area contributed by atoms with E-state index in [2.05, 4.69) is 30.8 Å². The average Bonchev–Trinajstić information content (AvgIpc) is 2.87. The van der Waals surface area contributed by atoms with Crippen LogP contribution in [-0.4, -0.2) is 55.5 Å². The Hall–Kier alpha value is -1.35. The predicted octanol–water partition coefficient (Wildman–Crippen LogP) is 1.61. The smallest absolute Gasteiger partial charge is 0.254 e. The monoisotopic (exact) mass is 305 g/mol. The van der Waals surface area contributed by atoms with E-state index in [0.717, 1.165) is 29.8 Å². The molecule has 0 radical (unpaired) electrons. The molecular formula is C16H23N3OS. The third kappa shape index (κ3) is 3.46. The molecule has 1 aliphatic carbocycles. The number of hydrogen-bond acceptors (Lipinski definition) is 4. The first-order valence-corrected chi connectivity index (χ1v) is 8.07. The van der Waals surface area contributed by atoms with Crippen LogP contribution in [0.25, 0.3) is 0 Å². The molecule has 21 heavy (non-hydrogen) atoms. The molecule has 114 valence electrons. The Kier molecular flexibility index (Phi) is 5.04. The molecule has 0 saturated heterocycles. The van der Waals surface area contributed by atoms with Gasteiger partial charge in [-0.15, -0.1) is 11.3 Å². The number of carbonyl (C=O) groups excluding carboxylic acids is 1. The van der Waals surface area contributed by atoms with E-state index in [-0.39, 0.29) is 11.4 Å².